The summed E-state index contributed by atoms with van der Waals surface area (Å²) in [7, 11) is 3.06. The quantitative estimate of drug-likeness (QED) is 0.629. The van der Waals surface area contributed by atoms with Gasteiger partial charge in [-0.05, 0) is 32.1 Å². The number of carbonyl (C=O) groups excluding carboxylic acids is 2. The van der Waals surface area contributed by atoms with E-state index in [1.165, 1.54) is 13.2 Å². The van der Waals surface area contributed by atoms with E-state index in [9.17, 15) is 9.59 Å². The van der Waals surface area contributed by atoms with Crippen molar-refractivity contribution in [1.29, 1.82) is 0 Å². The van der Waals surface area contributed by atoms with Crippen LogP contribution < -0.4 is 9.47 Å². The smallest absolute Gasteiger partial charge is 0.422 e. The minimum absolute atomic E-state index is 0.0136. The highest BCUT2D eigenvalue weighted by atomic mass is 16.6. The number of amides is 2. The van der Waals surface area contributed by atoms with E-state index < -0.39 is 12.0 Å². The molecule has 0 aromatic heterocycles. The Labute approximate surface area is 135 Å². The number of ether oxygens (including phenoxy) is 3. The normalized spacial score (nSPS) is 15.0. The molecule has 1 aliphatic rings. The summed E-state index contributed by atoms with van der Waals surface area (Å²) in [6.07, 6.45) is 2.57. The number of carbonyl (C=O) groups is 2. The first-order valence-corrected chi connectivity index (χ1v) is 7.06. The molecule has 2 rings (SSSR count). The molecule has 6 nitrogen and oxygen atoms in total. The standard InChI is InChI=1S/C14H15NO5.C3H6/c1-4-15-13(16)12(20-14(15)17)7-9-5-6-10(18-2)8-11(9)19-3;1-3-2/h5-8H,4H2,1-3H3;3H,1H2,2H3/b12-7+;. The molecule has 2 amide bonds. The van der Waals surface area contributed by atoms with Gasteiger partial charge < -0.3 is 14.2 Å². The van der Waals surface area contributed by atoms with Crippen molar-refractivity contribution in [2.75, 3.05) is 20.8 Å². The number of methoxy groups -OCH3 is 2. The third-order valence-corrected chi connectivity index (χ3v) is 2.92. The zero-order valence-corrected chi connectivity index (χ0v) is 13.8. The number of nitrogens with zero attached hydrogens (tertiary/aromatic N) is 1. The van der Waals surface area contributed by atoms with Crippen LogP contribution in [-0.4, -0.2) is 37.7 Å². The third kappa shape index (κ3) is 4.35. The average molecular weight is 319 g/mol. The van der Waals surface area contributed by atoms with Gasteiger partial charge in [0.2, 0.25) is 0 Å². The van der Waals surface area contributed by atoms with Crippen LogP contribution in [0.5, 0.6) is 11.5 Å². The predicted molar refractivity (Wildman–Crippen MR) is 87.3 cm³/mol. The van der Waals surface area contributed by atoms with Crippen LogP contribution in [0, 0.1) is 0 Å². The van der Waals surface area contributed by atoms with Crippen molar-refractivity contribution >= 4 is 18.1 Å². The molecule has 0 spiro atoms. The van der Waals surface area contributed by atoms with Crippen molar-refractivity contribution in [1.82, 2.24) is 4.90 Å². The molecule has 1 saturated heterocycles. The van der Waals surface area contributed by atoms with Gasteiger partial charge in [0.1, 0.15) is 11.5 Å². The number of imide groups is 1. The maximum Gasteiger partial charge on any atom is 0.422 e. The average Bonchev–Trinajstić information content (AvgIpc) is 2.82. The number of benzene rings is 1. The van der Waals surface area contributed by atoms with Gasteiger partial charge in [-0.1, -0.05) is 6.08 Å². The zero-order valence-electron chi connectivity index (χ0n) is 13.8. The van der Waals surface area contributed by atoms with Crippen LogP contribution >= 0.6 is 0 Å². The third-order valence-electron chi connectivity index (χ3n) is 2.92. The van der Waals surface area contributed by atoms with Gasteiger partial charge in [0, 0.05) is 18.2 Å². The molecule has 0 saturated carbocycles. The minimum Gasteiger partial charge on any atom is -0.497 e. The lowest BCUT2D eigenvalue weighted by Gasteiger charge is -2.07. The molecule has 0 radical (unpaired) electrons. The number of likely N-dealkylation sites (N-methyl/N-ethyl adjacent to an activating group) is 1. The lowest BCUT2D eigenvalue weighted by molar-refractivity contribution is -0.123. The molecule has 1 aromatic carbocycles. The van der Waals surface area contributed by atoms with Gasteiger partial charge in [0.15, 0.2) is 5.76 Å². The summed E-state index contributed by atoms with van der Waals surface area (Å²) in [5.74, 6) is 0.695. The fraction of sp³-hybridized carbons (Fsp3) is 0.294. The molecule has 6 heteroatoms. The van der Waals surface area contributed by atoms with E-state index in [1.54, 1.807) is 38.3 Å². The number of hydrogen-bond acceptors (Lipinski definition) is 5. The van der Waals surface area contributed by atoms with Crippen LogP contribution in [0.4, 0.5) is 4.79 Å². The molecule has 1 heterocycles. The Morgan fingerprint density at radius 2 is 1.91 bits per heavy atom. The second-order valence-electron chi connectivity index (χ2n) is 4.44. The van der Waals surface area contributed by atoms with E-state index in [0.717, 1.165) is 4.90 Å². The van der Waals surface area contributed by atoms with E-state index >= 15 is 0 Å². The maximum absolute atomic E-state index is 11.9. The Hall–Kier alpha value is -2.76. The van der Waals surface area contributed by atoms with Crippen LogP contribution in [0.15, 0.2) is 36.6 Å². The predicted octanol–water partition coefficient (Wildman–Crippen LogP) is 3.24. The number of cyclic esters (lactones) is 1. The SMILES string of the molecule is C=CC.CCN1C(=O)O/C(=C/c2ccc(OC)cc2OC)C1=O. The molecular formula is C17H21NO5. The molecule has 1 aromatic rings. The van der Waals surface area contributed by atoms with Crippen molar-refractivity contribution in [3.8, 4) is 11.5 Å². The van der Waals surface area contributed by atoms with Gasteiger partial charge in [-0.15, -0.1) is 6.58 Å². The summed E-state index contributed by atoms with van der Waals surface area (Å²) >= 11 is 0. The molecule has 0 N–H and O–H groups in total. The monoisotopic (exact) mass is 319 g/mol. The van der Waals surface area contributed by atoms with Gasteiger partial charge in [-0.3, -0.25) is 4.79 Å². The Bertz CT molecular complexity index is 621. The summed E-state index contributed by atoms with van der Waals surface area (Å²) in [5.41, 5.74) is 0.627. The lowest BCUT2D eigenvalue weighted by Crippen LogP contribution is -2.28. The lowest BCUT2D eigenvalue weighted by atomic mass is 10.1. The van der Waals surface area contributed by atoms with Gasteiger partial charge in [-0.2, -0.15) is 0 Å². The maximum atomic E-state index is 11.9. The first-order valence-electron chi connectivity index (χ1n) is 7.06. The number of rotatable bonds is 4. The van der Waals surface area contributed by atoms with Gasteiger partial charge in [0.05, 0.1) is 14.2 Å². The molecule has 124 valence electrons. The fourth-order valence-corrected chi connectivity index (χ4v) is 1.85. The van der Waals surface area contributed by atoms with E-state index in [-0.39, 0.29) is 12.3 Å². The van der Waals surface area contributed by atoms with Gasteiger partial charge >= 0.3 is 6.09 Å². The summed E-state index contributed by atoms with van der Waals surface area (Å²) < 4.78 is 15.3. The van der Waals surface area contributed by atoms with Crippen LogP contribution in [0.3, 0.4) is 0 Å². The van der Waals surface area contributed by atoms with Crippen LogP contribution in [-0.2, 0) is 9.53 Å². The van der Waals surface area contributed by atoms with E-state index in [0.29, 0.717) is 17.1 Å². The van der Waals surface area contributed by atoms with Crippen molar-refractivity contribution in [2.45, 2.75) is 13.8 Å². The topological polar surface area (TPSA) is 65.1 Å². The summed E-state index contributed by atoms with van der Waals surface area (Å²) in [6, 6.07) is 5.14. The molecule has 23 heavy (non-hydrogen) atoms. The van der Waals surface area contributed by atoms with Crippen molar-refractivity contribution in [3.05, 3.63) is 42.2 Å². The zero-order chi connectivity index (χ0) is 17.4. The minimum atomic E-state index is -0.656. The van der Waals surface area contributed by atoms with Crippen LogP contribution in [0.25, 0.3) is 6.08 Å². The molecule has 1 fully saturated rings. The number of hydrogen-bond donors (Lipinski definition) is 0. The molecule has 0 bridgehead atoms. The Morgan fingerprint density at radius 3 is 2.39 bits per heavy atom. The molecular weight excluding hydrogens is 298 g/mol. The highest BCUT2D eigenvalue weighted by Gasteiger charge is 2.35. The van der Waals surface area contributed by atoms with Crippen molar-refractivity contribution < 1.29 is 23.8 Å². The highest BCUT2D eigenvalue weighted by Crippen LogP contribution is 2.28. The molecule has 0 aliphatic carbocycles. The van der Waals surface area contributed by atoms with Gasteiger partial charge in [-0.25, -0.2) is 9.69 Å². The van der Waals surface area contributed by atoms with E-state index in [2.05, 4.69) is 6.58 Å². The van der Waals surface area contributed by atoms with Crippen LogP contribution in [0.1, 0.15) is 19.4 Å². The van der Waals surface area contributed by atoms with Crippen LogP contribution in [0.2, 0.25) is 0 Å². The Morgan fingerprint density at radius 1 is 1.26 bits per heavy atom. The number of allylic oxidation sites excluding steroid dienone is 1. The largest absolute Gasteiger partial charge is 0.497 e. The highest BCUT2D eigenvalue weighted by molar-refractivity contribution is 6.10. The van der Waals surface area contributed by atoms with Gasteiger partial charge in [0.25, 0.3) is 5.91 Å². The van der Waals surface area contributed by atoms with E-state index in [4.69, 9.17) is 14.2 Å². The first-order chi connectivity index (χ1) is 11.0. The Balaban J connectivity index is 0.000000816. The Kier molecular flexibility index (Phi) is 6.86. The second-order valence-corrected chi connectivity index (χ2v) is 4.44. The summed E-state index contributed by atoms with van der Waals surface area (Å²) in [5, 5.41) is 0. The second kappa shape index (κ2) is 8.63. The summed E-state index contributed by atoms with van der Waals surface area (Å²) in [4.78, 5) is 24.4. The van der Waals surface area contributed by atoms with Crippen molar-refractivity contribution in [2.24, 2.45) is 0 Å². The fourth-order valence-electron chi connectivity index (χ4n) is 1.85. The molecule has 1 aliphatic heterocycles. The van der Waals surface area contributed by atoms with Crippen molar-refractivity contribution in [3.63, 3.8) is 0 Å². The molecule has 0 atom stereocenters. The molecule has 0 unspecified atom stereocenters. The van der Waals surface area contributed by atoms with E-state index in [1.807, 2.05) is 6.92 Å². The first kappa shape index (κ1) is 18.3. The summed E-state index contributed by atoms with van der Waals surface area (Å²) in [6.45, 7) is 7.23.